The highest BCUT2D eigenvalue weighted by Gasteiger charge is 2.18. The zero-order chi connectivity index (χ0) is 16.1. The van der Waals surface area contributed by atoms with Gasteiger partial charge in [-0.1, -0.05) is 6.07 Å². The lowest BCUT2D eigenvalue weighted by Gasteiger charge is -2.25. The molecule has 2 aromatic carbocycles. The smallest absolute Gasteiger partial charge is 0.255 e. The summed E-state index contributed by atoms with van der Waals surface area (Å²) in [6.07, 6.45) is 0. The molecule has 3 rings (SSSR count). The fraction of sp³-hybridized carbons (Fsp3) is 0.278. The summed E-state index contributed by atoms with van der Waals surface area (Å²) in [7, 11) is 1.59. The van der Waals surface area contributed by atoms with Crippen molar-refractivity contribution in [3.63, 3.8) is 0 Å². The second-order valence-electron chi connectivity index (χ2n) is 5.42. The molecule has 1 aliphatic rings. The van der Waals surface area contributed by atoms with Crippen LogP contribution in [0.2, 0.25) is 0 Å². The standard InChI is InChI=1S/C18H19NO4/c1-21-16-7-5-14(6-8-16)18(20)19-15-3-2-4-17(9-15)23-12-13-10-22-11-13/h2-9,13H,10-12H2,1H3,(H,19,20). The van der Waals surface area contributed by atoms with Gasteiger partial charge in [-0.2, -0.15) is 0 Å². The molecule has 1 amide bonds. The molecule has 1 N–H and O–H groups in total. The first-order valence-corrected chi connectivity index (χ1v) is 7.50. The third-order valence-corrected chi connectivity index (χ3v) is 3.64. The van der Waals surface area contributed by atoms with E-state index in [4.69, 9.17) is 14.2 Å². The van der Waals surface area contributed by atoms with E-state index in [9.17, 15) is 4.79 Å². The minimum atomic E-state index is -0.169. The lowest BCUT2D eigenvalue weighted by molar-refractivity contribution is -0.0508. The average Bonchev–Trinajstić information content (AvgIpc) is 2.54. The van der Waals surface area contributed by atoms with Crippen molar-refractivity contribution in [3.05, 3.63) is 54.1 Å². The summed E-state index contributed by atoms with van der Waals surface area (Å²) in [6, 6.07) is 14.4. The Bertz CT molecular complexity index is 665. The summed E-state index contributed by atoms with van der Waals surface area (Å²) in [6.45, 7) is 2.15. The molecular formula is C18H19NO4. The molecule has 0 unspecified atom stereocenters. The molecule has 0 aliphatic carbocycles. The van der Waals surface area contributed by atoms with Gasteiger partial charge in [-0.25, -0.2) is 0 Å². The fourth-order valence-electron chi connectivity index (χ4n) is 2.20. The van der Waals surface area contributed by atoms with E-state index in [-0.39, 0.29) is 5.91 Å². The van der Waals surface area contributed by atoms with Gasteiger partial charge in [-0.3, -0.25) is 4.79 Å². The van der Waals surface area contributed by atoms with Gasteiger partial charge in [0.15, 0.2) is 0 Å². The summed E-state index contributed by atoms with van der Waals surface area (Å²) in [5, 5.41) is 2.87. The first-order chi connectivity index (χ1) is 11.2. The third kappa shape index (κ3) is 4.02. The van der Waals surface area contributed by atoms with Crippen molar-refractivity contribution in [1.82, 2.24) is 0 Å². The molecule has 23 heavy (non-hydrogen) atoms. The van der Waals surface area contributed by atoms with Gasteiger partial charge in [0, 0.05) is 23.2 Å². The van der Waals surface area contributed by atoms with E-state index in [1.807, 2.05) is 24.3 Å². The molecule has 0 radical (unpaired) electrons. The zero-order valence-electron chi connectivity index (χ0n) is 13.0. The molecule has 5 heteroatoms. The maximum Gasteiger partial charge on any atom is 0.255 e. The first-order valence-electron chi connectivity index (χ1n) is 7.50. The van der Waals surface area contributed by atoms with Crippen LogP contribution in [0, 0.1) is 5.92 Å². The first kappa shape index (κ1) is 15.4. The molecule has 1 heterocycles. The van der Waals surface area contributed by atoms with Crippen LogP contribution < -0.4 is 14.8 Å². The Balaban J connectivity index is 1.60. The van der Waals surface area contributed by atoms with Gasteiger partial charge in [-0.05, 0) is 36.4 Å². The van der Waals surface area contributed by atoms with Crippen molar-refractivity contribution >= 4 is 11.6 Å². The molecule has 5 nitrogen and oxygen atoms in total. The highest BCUT2D eigenvalue weighted by Crippen LogP contribution is 2.20. The number of carbonyl (C=O) groups excluding carboxylic acids is 1. The zero-order valence-corrected chi connectivity index (χ0v) is 13.0. The Hall–Kier alpha value is -2.53. The second kappa shape index (κ2) is 7.15. The Morgan fingerprint density at radius 3 is 2.61 bits per heavy atom. The number of methoxy groups -OCH3 is 1. The van der Waals surface area contributed by atoms with Gasteiger partial charge in [0.25, 0.3) is 5.91 Å². The summed E-state index contributed by atoms with van der Waals surface area (Å²) < 4.78 is 15.9. The van der Waals surface area contributed by atoms with Crippen molar-refractivity contribution < 1.29 is 19.0 Å². The van der Waals surface area contributed by atoms with E-state index in [1.54, 1.807) is 31.4 Å². The number of amides is 1. The Kier molecular flexibility index (Phi) is 4.78. The normalized spacial score (nSPS) is 14.0. The second-order valence-corrected chi connectivity index (χ2v) is 5.42. The Labute approximate surface area is 135 Å². The molecule has 0 atom stereocenters. The number of rotatable bonds is 6. The van der Waals surface area contributed by atoms with Gasteiger partial charge < -0.3 is 19.5 Å². The van der Waals surface area contributed by atoms with Crippen LogP contribution in [0.1, 0.15) is 10.4 Å². The molecule has 0 aromatic heterocycles. The molecule has 120 valence electrons. The highest BCUT2D eigenvalue weighted by atomic mass is 16.5. The monoisotopic (exact) mass is 313 g/mol. The Morgan fingerprint density at radius 2 is 1.96 bits per heavy atom. The summed E-state index contributed by atoms with van der Waals surface area (Å²) in [5.74, 6) is 1.76. The van der Waals surface area contributed by atoms with E-state index < -0.39 is 0 Å². The predicted molar refractivity (Wildman–Crippen MR) is 87.2 cm³/mol. The summed E-state index contributed by atoms with van der Waals surface area (Å²) in [5.41, 5.74) is 1.27. The van der Waals surface area contributed by atoms with Gasteiger partial charge in [0.2, 0.25) is 0 Å². The highest BCUT2D eigenvalue weighted by molar-refractivity contribution is 6.04. The van der Waals surface area contributed by atoms with E-state index in [1.165, 1.54) is 0 Å². The molecule has 1 saturated heterocycles. The van der Waals surface area contributed by atoms with Crippen LogP contribution >= 0.6 is 0 Å². The molecule has 2 aromatic rings. The number of benzene rings is 2. The fourth-order valence-corrected chi connectivity index (χ4v) is 2.20. The van der Waals surface area contributed by atoms with Crippen molar-refractivity contribution in [1.29, 1.82) is 0 Å². The molecule has 1 fully saturated rings. The topological polar surface area (TPSA) is 56.8 Å². The number of hydrogen-bond acceptors (Lipinski definition) is 4. The van der Waals surface area contributed by atoms with Crippen LogP contribution in [-0.4, -0.2) is 32.8 Å². The molecule has 0 saturated carbocycles. The summed E-state index contributed by atoms with van der Waals surface area (Å²) in [4.78, 5) is 12.2. The van der Waals surface area contributed by atoms with Gasteiger partial charge in [0.1, 0.15) is 11.5 Å². The van der Waals surface area contributed by atoms with Crippen LogP contribution in [0.25, 0.3) is 0 Å². The molecular weight excluding hydrogens is 294 g/mol. The van der Waals surface area contributed by atoms with E-state index in [0.29, 0.717) is 23.8 Å². The lowest BCUT2D eigenvalue weighted by Crippen LogP contribution is -2.32. The van der Waals surface area contributed by atoms with Gasteiger partial charge in [0.05, 0.1) is 26.9 Å². The lowest BCUT2D eigenvalue weighted by atomic mass is 10.1. The Morgan fingerprint density at radius 1 is 1.17 bits per heavy atom. The number of ether oxygens (including phenoxy) is 3. The van der Waals surface area contributed by atoms with Crippen molar-refractivity contribution in [2.75, 3.05) is 32.2 Å². The van der Waals surface area contributed by atoms with Crippen molar-refractivity contribution in [2.24, 2.45) is 5.92 Å². The maximum atomic E-state index is 12.2. The number of nitrogens with one attached hydrogen (secondary N) is 1. The molecule has 1 aliphatic heterocycles. The number of hydrogen-bond donors (Lipinski definition) is 1. The number of anilines is 1. The van der Waals surface area contributed by atoms with Crippen LogP contribution in [0.5, 0.6) is 11.5 Å². The van der Waals surface area contributed by atoms with Gasteiger partial charge in [-0.15, -0.1) is 0 Å². The van der Waals surface area contributed by atoms with Crippen LogP contribution in [0.15, 0.2) is 48.5 Å². The van der Waals surface area contributed by atoms with Crippen molar-refractivity contribution in [3.8, 4) is 11.5 Å². The molecule has 0 spiro atoms. The van der Waals surface area contributed by atoms with E-state index in [0.717, 1.165) is 24.7 Å². The average molecular weight is 313 g/mol. The van der Waals surface area contributed by atoms with E-state index in [2.05, 4.69) is 5.32 Å². The maximum absolute atomic E-state index is 12.2. The van der Waals surface area contributed by atoms with Crippen LogP contribution in [-0.2, 0) is 4.74 Å². The quantitative estimate of drug-likeness (QED) is 0.891. The van der Waals surface area contributed by atoms with Crippen molar-refractivity contribution in [2.45, 2.75) is 0 Å². The van der Waals surface area contributed by atoms with Gasteiger partial charge >= 0.3 is 0 Å². The minimum absolute atomic E-state index is 0.169. The minimum Gasteiger partial charge on any atom is -0.497 e. The van der Waals surface area contributed by atoms with Crippen LogP contribution in [0.3, 0.4) is 0 Å². The predicted octanol–water partition coefficient (Wildman–Crippen LogP) is 2.97. The SMILES string of the molecule is COc1ccc(C(=O)Nc2cccc(OCC3COC3)c2)cc1. The largest absolute Gasteiger partial charge is 0.497 e. The molecule has 0 bridgehead atoms. The third-order valence-electron chi connectivity index (χ3n) is 3.64. The van der Waals surface area contributed by atoms with E-state index >= 15 is 0 Å². The summed E-state index contributed by atoms with van der Waals surface area (Å²) >= 11 is 0. The number of carbonyl (C=O) groups is 1. The van der Waals surface area contributed by atoms with Crippen LogP contribution in [0.4, 0.5) is 5.69 Å².